The fraction of sp³-hybridized carbons (Fsp3) is 0.238. The van der Waals surface area contributed by atoms with Crippen molar-refractivity contribution < 1.29 is 9.13 Å². The molecule has 4 rings (SSSR count). The smallest absolute Gasteiger partial charge is 0.229 e. The minimum atomic E-state index is -0.506. The molecule has 1 aliphatic rings. The van der Waals surface area contributed by atoms with E-state index in [2.05, 4.69) is 32.4 Å². The van der Waals surface area contributed by atoms with Gasteiger partial charge in [0, 0.05) is 30.2 Å². The molecule has 2 heterocycles. The van der Waals surface area contributed by atoms with Gasteiger partial charge in [-0.1, -0.05) is 18.2 Å². The molecular weight excluding hydrogens is 357 g/mol. The number of nitrogens with one attached hydrogen (secondary N) is 2. The van der Waals surface area contributed by atoms with Gasteiger partial charge in [-0.15, -0.1) is 0 Å². The number of nitrogens with zero attached hydrogens (tertiary/aromatic N) is 3. The molecule has 0 bridgehead atoms. The van der Waals surface area contributed by atoms with Crippen LogP contribution in [0.3, 0.4) is 0 Å². The van der Waals surface area contributed by atoms with Gasteiger partial charge in [-0.25, -0.2) is 9.37 Å². The maximum Gasteiger partial charge on any atom is 0.229 e. The average molecular weight is 379 g/mol. The van der Waals surface area contributed by atoms with E-state index in [0.29, 0.717) is 5.95 Å². The van der Waals surface area contributed by atoms with Gasteiger partial charge in [-0.2, -0.15) is 4.98 Å². The van der Waals surface area contributed by atoms with E-state index in [9.17, 15) is 4.39 Å². The van der Waals surface area contributed by atoms with E-state index < -0.39 is 5.82 Å². The molecule has 1 aromatic heterocycles. The molecule has 1 aliphatic heterocycles. The molecule has 0 spiro atoms. The fourth-order valence-corrected chi connectivity index (χ4v) is 3.19. The van der Waals surface area contributed by atoms with Crippen molar-refractivity contribution >= 4 is 28.8 Å². The van der Waals surface area contributed by atoms with Crippen molar-refractivity contribution in [2.45, 2.75) is 6.92 Å². The van der Waals surface area contributed by atoms with Gasteiger partial charge in [0.2, 0.25) is 5.95 Å². The van der Waals surface area contributed by atoms with Gasteiger partial charge in [-0.05, 0) is 42.8 Å². The lowest BCUT2D eigenvalue weighted by atomic mass is 10.1. The molecule has 7 heteroatoms. The van der Waals surface area contributed by atoms with Gasteiger partial charge < -0.3 is 20.3 Å². The van der Waals surface area contributed by atoms with Crippen LogP contribution in [0, 0.1) is 12.7 Å². The van der Waals surface area contributed by atoms with E-state index in [-0.39, 0.29) is 5.82 Å². The largest absolute Gasteiger partial charge is 0.378 e. The first kappa shape index (κ1) is 18.2. The average Bonchev–Trinajstić information content (AvgIpc) is 2.72. The number of morpholine rings is 1. The van der Waals surface area contributed by atoms with E-state index in [0.717, 1.165) is 49.4 Å². The van der Waals surface area contributed by atoms with Gasteiger partial charge >= 0.3 is 0 Å². The van der Waals surface area contributed by atoms with Crippen LogP contribution in [0.2, 0.25) is 0 Å². The minimum absolute atomic E-state index is 0.131. The van der Waals surface area contributed by atoms with Crippen LogP contribution in [0.15, 0.2) is 54.7 Å². The van der Waals surface area contributed by atoms with Gasteiger partial charge in [0.05, 0.1) is 19.4 Å². The number of aromatic nitrogens is 2. The summed E-state index contributed by atoms with van der Waals surface area (Å²) in [5, 5.41) is 6.13. The zero-order valence-corrected chi connectivity index (χ0v) is 15.7. The third-order valence-electron chi connectivity index (χ3n) is 4.59. The summed E-state index contributed by atoms with van der Waals surface area (Å²) in [6, 6.07) is 15.5. The summed E-state index contributed by atoms with van der Waals surface area (Å²) in [6.07, 6.45) is 1.16. The maximum atomic E-state index is 14.2. The van der Waals surface area contributed by atoms with Crippen molar-refractivity contribution in [1.82, 2.24) is 9.97 Å². The number of hydrogen-bond acceptors (Lipinski definition) is 6. The molecule has 0 atom stereocenters. The Kier molecular flexibility index (Phi) is 5.34. The number of hydrogen-bond donors (Lipinski definition) is 2. The van der Waals surface area contributed by atoms with E-state index >= 15 is 0 Å². The molecule has 3 aromatic rings. The molecule has 0 aliphatic carbocycles. The molecule has 2 N–H and O–H groups in total. The quantitative estimate of drug-likeness (QED) is 0.691. The summed E-state index contributed by atoms with van der Waals surface area (Å²) in [4.78, 5) is 10.6. The van der Waals surface area contributed by atoms with Crippen molar-refractivity contribution in [1.29, 1.82) is 0 Å². The number of rotatable bonds is 5. The Hall–Kier alpha value is -3.19. The van der Waals surface area contributed by atoms with Crippen LogP contribution in [0.4, 0.5) is 33.2 Å². The first-order valence-corrected chi connectivity index (χ1v) is 9.24. The number of para-hydroxylation sites is 1. The highest BCUT2D eigenvalue weighted by Gasteiger charge is 2.14. The second kappa shape index (κ2) is 8.22. The molecule has 0 amide bonds. The molecular formula is C21H22FN5O. The highest BCUT2D eigenvalue weighted by molar-refractivity contribution is 5.65. The normalized spacial score (nSPS) is 14.0. The molecule has 28 heavy (non-hydrogen) atoms. The Bertz CT molecular complexity index is 945. The lowest BCUT2D eigenvalue weighted by molar-refractivity contribution is 0.122. The number of aryl methyl sites for hydroxylation is 1. The van der Waals surface area contributed by atoms with Crippen molar-refractivity contribution in [3.05, 3.63) is 66.1 Å². The van der Waals surface area contributed by atoms with Crippen molar-refractivity contribution in [2.24, 2.45) is 0 Å². The predicted octanol–water partition coefficient (Wildman–Crippen LogP) is 4.25. The first-order valence-electron chi connectivity index (χ1n) is 9.24. The van der Waals surface area contributed by atoms with Gasteiger partial charge in [0.25, 0.3) is 0 Å². The van der Waals surface area contributed by atoms with Crippen molar-refractivity contribution in [3.8, 4) is 0 Å². The summed E-state index contributed by atoms with van der Waals surface area (Å²) >= 11 is 0. The Morgan fingerprint density at radius 2 is 1.79 bits per heavy atom. The maximum absolute atomic E-state index is 14.2. The summed E-state index contributed by atoms with van der Waals surface area (Å²) < 4.78 is 19.6. The molecule has 6 nitrogen and oxygen atoms in total. The van der Waals surface area contributed by atoms with Crippen LogP contribution in [-0.2, 0) is 4.74 Å². The molecule has 0 saturated carbocycles. The standard InChI is InChI=1S/C21H22FN5O/c1-15-13-17(7-8-19(15)27-9-11-28-12-10-27)24-20-18(22)14-23-21(26-20)25-16-5-3-2-4-6-16/h2-8,13-14H,9-12H2,1H3,(H2,23,24,25,26). The van der Waals surface area contributed by atoms with Crippen LogP contribution < -0.4 is 15.5 Å². The van der Waals surface area contributed by atoms with Crippen LogP contribution >= 0.6 is 0 Å². The fourth-order valence-electron chi connectivity index (χ4n) is 3.19. The Balaban J connectivity index is 1.52. The van der Waals surface area contributed by atoms with Crippen molar-refractivity contribution in [3.63, 3.8) is 0 Å². The summed E-state index contributed by atoms with van der Waals surface area (Å²) in [5.41, 5.74) is 3.90. The highest BCUT2D eigenvalue weighted by atomic mass is 19.1. The number of benzene rings is 2. The third-order valence-corrected chi connectivity index (χ3v) is 4.59. The molecule has 1 fully saturated rings. The first-order chi connectivity index (χ1) is 13.7. The van der Waals surface area contributed by atoms with Gasteiger partial charge in [0.1, 0.15) is 0 Å². The molecule has 0 radical (unpaired) electrons. The second-order valence-electron chi connectivity index (χ2n) is 6.61. The van der Waals surface area contributed by atoms with Gasteiger partial charge in [0.15, 0.2) is 11.6 Å². The number of anilines is 5. The Morgan fingerprint density at radius 3 is 2.54 bits per heavy atom. The number of halogens is 1. The van der Waals surface area contributed by atoms with Crippen LogP contribution in [0.1, 0.15) is 5.56 Å². The Morgan fingerprint density at radius 1 is 1.00 bits per heavy atom. The van der Waals surface area contributed by atoms with Crippen molar-refractivity contribution in [2.75, 3.05) is 41.8 Å². The zero-order valence-electron chi connectivity index (χ0n) is 15.7. The predicted molar refractivity (Wildman–Crippen MR) is 109 cm³/mol. The monoisotopic (exact) mass is 379 g/mol. The SMILES string of the molecule is Cc1cc(Nc2nc(Nc3ccccc3)ncc2F)ccc1N1CCOCC1. The van der Waals surface area contributed by atoms with E-state index in [1.807, 2.05) is 48.5 Å². The third kappa shape index (κ3) is 4.20. The van der Waals surface area contributed by atoms with E-state index in [1.54, 1.807) is 0 Å². The molecule has 144 valence electrons. The summed E-state index contributed by atoms with van der Waals surface area (Å²) in [7, 11) is 0. The molecule has 0 unspecified atom stereocenters. The van der Waals surface area contributed by atoms with Crippen LogP contribution in [-0.4, -0.2) is 36.3 Å². The second-order valence-corrected chi connectivity index (χ2v) is 6.61. The topological polar surface area (TPSA) is 62.3 Å². The van der Waals surface area contributed by atoms with Crippen LogP contribution in [0.25, 0.3) is 0 Å². The molecule has 2 aromatic carbocycles. The zero-order chi connectivity index (χ0) is 19.3. The lowest BCUT2D eigenvalue weighted by Gasteiger charge is -2.30. The molecule has 1 saturated heterocycles. The minimum Gasteiger partial charge on any atom is -0.378 e. The summed E-state index contributed by atoms with van der Waals surface area (Å²) in [6.45, 7) is 5.28. The number of ether oxygens (including phenoxy) is 1. The van der Waals surface area contributed by atoms with E-state index in [4.69, 9.17) is 4.74 Å². The lowest BCUT2D eigenvalue weighted by Crippen LogP contribution is -2.36. The van der Waals surface area contributed by atoms with Crippen LogP contribution in [0.5, 0.6) is 0 Å². The van der Waals surface area contributed by atoms with E-state index in [1.165, 1.54) is 5.69 Å². The highest BCUT2D eigenvalue weighted by Crippen LogP contribution is 2.27. The summed E-state index contributed by atoms with van der Waals surface area (Å²) in [5.74, 6) is -0.0442. The van der Waals surface area contributed by atoms with Gasteiger partial charge in [-0.3, -0.25) is 0 Å². The Labute approximate surface area is 163 Å².